The van der Waals surface area contributed by atoms with E-state index in [9.17, 15) is 9.59 Å². The molecule has 2 amide bonds. The number of carbonyl (C=O) groups is 2. The summed E-state index contributed by atoms with van der Waals surface area (Å²) in [6, 6.07) is 7.47. The van der Waals surface area contributed by atoms with Crippen LogP contribution in [0.4, 0.5) is 0 Å². The van der Waals surface area contributed by atoms with Crippen molar-refractivity contribution in [2.45, 2.75) is 32.7 Å². The molecule has 5 heteroatoms. The van der Waals surface area contributed by atoms with E-state index in [2.05, 4.69) is 33.2 Å². The van der Waals surface area contributed by atoms with E-state index < -0.39 is 0 Å². The Morgan fingerprint density at radius 2 is 1.84 bits per heavy atom. The van der Waals surface area contributed by atoms with Gasteiger partial charge in [-0.1, -0.05) is 26.0 Å². The molecular formula is C14H19IN2O2. The average molecular weight is 374 g/mol. The third-order valence-corrected chi connectivity index (χ3v) is 3.82. The van der Waals surface area contributed by atoms with E-state index in [-0.39, 0.29) is 24.4 Å². The van der Waals surface area contributed by atoms with Gasteiger partial charge >= 0.3 is 0 Å². The van der Waals surface area contributed by atoms with Crippen LogP contribution in [-0.2, 0) is 4.79 Å². The van der Waals surface area contributed by atoms with Gasteiger partial charge in [-0.25, -0.2) is 0 Å². The maximum absolute atomic E-state index is 11.9. The highest BCUT2D eigenvalue weighted by molar-refractivity contribution is 14.1. The van der Waals surface area contributed by atoms with Gasteiger partial charge in [-0.2, -0.15) is 0 Å². The molecule has 1 aromatic carbocycles. The molecule has 19 heavy (non-hydrogen) atoms. The van der Waals surface area contributed by atoms with Crippen molar-refractivity contribution in [2.75, 3.05) is 6.54 Å². The lowest BCUT2D eigenvalue weighted by Crippen LogP contribution is -2.41. The van der Waals surface area contributed by atoms with Crippen LogP contribution in [0.2, 0.25) is 0 Å². The molecule has 0 aliphatic rings. The number of hydrogen-bond acceptors (Lipinski definition) is 2. The summed E-state index contributed by atoms with van der Waals surface area (Å²) >= 11 is 2.10. The Bertz CT molecular complexity index is 445. The first-order valence-electron chi connectivity index (χ1n) is 6.40. The van der Waals surface area contributed by atoms with Crippen molar-refractivity contribution in [2.24, 2.45) is 0 Å². The molecule has 0 spiro atoms. The van der Waals surface area contributed by atoms with Crippen LogP contribution in [0.15, 0.2) is 24.3 Å². The molecule has 0 atom stereocenters. The summed E-state index contributed by atoms with van der Waals surface area (Å²) in [4.78, 5) is 23.6. The molecule has 0 saturated carbocycles. The van der Waals surface area contributed by atoms with E-state index in [1.165, 1.54) is 0 Å². The number of rotatable bonds is 6. The molecule has 0 heterocycles. The summed E-state index contributed by atoms with van der Waals surface area (Å²) < 4.78 is 0.873. The molecule has 0 fully saturated rings. The highest BCUT2D eigenvalue weighted by Gasteiger charge is 2.12. The molecule has 4 nitrogen and oxygen atoms in total. The van der Waals surface area contributed by atoms with Crippen LogP contribution in [0.25, 0.3) is 0 Å². The lowest BCUT2D eigenvalue weighted by molar-refractivity contribution is -0.120. The van der Waals surface area contributed by atoms with Crippen LogP contribution >= 0.6 is 22.6 Å². The standard InChI is InChI=1S/C14H19IN2O2/c1-3-10(4-2)17-13(18)9-16-14(19)11-7-5-6-8-12(11)15/h5-8,10H,3-4,9H2,1-2H3,(H,16,19)(H,17,18). The van der Waals surface area contributed by atoms with Crippen molar-refractivity contribution in [3.8, 4) is 0 Å². The zero-order valence-corrected chi connectivity index (χ0v) is 13.4. The predicted octanol–water partition coefficient (Wildman–Crippen LogP) is 2.33. The Morgan fingerprint density at radius 3 is 2.42 bits per heavy atom. The quantitative estimate of drug-likeness (QED) is 0.751. The number of carbonyl (C=O) groups excluding carboxylic acids is 2. The second kappa shape index (κ2) is 8.14. The summed E-state index contributed by atoms with van der Waals surface area (Å²) in [5.74, 6) is -0.363. The number of halogens is 1. The van der Waals surface area contributed by atoms with Crippen molar-refractivity contribution < 1.29 is 9.59 Å². The van der Waals surface area contributed by atoms with Crippen molar-refractivity contribution in [3.63, 3.8) is 0 Å². The van der Waals surface area contributed by atoms with E-state index in [4.69, 9.17) is 0 Å². The molecule has 0 bridgehead atoms. The topological polar surface area (TPSA) is 58.2 Å². The van der Waals surface area contributed by atoms with Gasteiger partial charge in [-0.05, 0) is 47.6 Å². The third-order valence-electron chi connectivity index (χ3n) is 2.88. The summed E-state index contributed by atoms with van der Waals surface area (Å²) in [5.41, 5.74) is 0.596. The minimum atomic E-state index is -0.218. The maximum atomic E-state index is 11.9. The van der Waals surface area contributed by atoms with Crippen LogP contribution in [0.3, 0.4) is 0 Å². The van der Waals surface area contributed by atoms with Gasteiger partial charge in [0.1, 0.15) is 0 Å². The first-order chi connectivity index (χ1) is 9.08. The van der Waals surface area contributed by atoms with Gasteiger partial charge < -0.3 is 10.6 Å². The summed E-state index contributed by atoms with van der Waals surface area (Å²) in [6.07, 6.45) is 1.79. The molecule has 0 aliphatic carbocycles. The second-order valence-corrected chi connectivity index (χ2v) is 5.41. The largest absolute Gasteiger partial charge is 0.352 e. The molecule has 1 rings (SSSR count). The van der Waals surface area contributed by atoms with Crippen molar-refractivity contribution in [1.82, 2.24) is 10.6 Å². The minimum absolute atomic E-state index is 0.0142. The molecule has 0 radical (unpaired) electrons. The predicted molar refractivity (Wildman–Crippen MR) is 84.0 cm³/mol. The second-order valence-electron chi connectivity index (χ2n) is 4.24. The van der Waals surface area contributed by atoms with Crippen molar-refractivity contribution in [1.29, 1.82) is 0 Å². The first kappa shape index (κ1) is 15.9. The Morgan fingerprint density at radius 1 is 1.21 bits per heavy atom. The Kier molecular flexibility index (Phi) is 6.83. The molecule has 0 saturated heterocycles. The number of nitrogens with one attached hydrogen (secondary N) is 2. The zero-order valence-electron chi connectivity index (χ0n) is 11.2. The van der Waals surface area contributed by atoms with Gasteiger partial charge in [0.05, 0.1) is 12.1 Å². The van der Waals surface area contributed by atoms with E-state index in [1.54, 1.807) is 12.1 Å². The molecular weight excluding hydrogens is 355 g/mol. The third kappa shape index (κ3) is 5.18. The van der Waals surface area contributed by atoms with E-state index in [0.29, 0.717) is 5.56 Å². The minimum Gasteiger partial charge on any atom is -0.352 e. The van der Waals surface area contributed by atoms with Crippen molar-refractivity contribution >= 4 is 34.4 Å². The fourth-order valence-electron chi connectivity index (χ4n) is 1.67. The highest BCUT2D eigenvalue weighted by Crippen LogP contribution is 2.10. The van der Waals surface area contributed by atoms with Gasteiger partial charge in [0.25, 0.3) is 5.91 Å². The first-order valence-corrected chi connectivity index (χ1v) is 7.48. The van der Waals surface area contributed by atoms with Crippen LogP contribution in [0.5, 0.6) is 0 Å². The fourth-order valence-corrected chi connectivity index (χ4v) is 2.30. The monoisotopic (exact) mass is 374 g/mol. The number of benzene rings is 1. The molecule has 1 aromatic rings. The van der Waals surface area contributed by atoms with Crippen LogP contribution in [0, 0.1) is 3.57 Å². The number of amides is 2. The lowest BCUT2D eigenvalue weighted by atomic mass is 10.2. The summed E-state index contributed by atoms with van der Waals surface area (Å²) in [7, 11) is 0. The van der Waals surface area contributed by atoms with Crippen molar-refractivity contribution in [3.05, 3.63) is 33.4 Å². The molecule has 0 unspecified atom stereocenters. The molecule has 2 N–H and O–H groups in total. The van der Waals surface area contributed by atoms with E-state index in [0.717, 1.165) is 16.4 Å². The summed E-state index contributed by atoms with van der Waals surface area (Å²) in [6.45, 7) is 4.07. The zero-order chi connectivity index (χ0) is 14.3. The maximum Gasteiger partial charge on any atom is 0.252 e. The summed E-state index contributed by atoms with van der Waals surface area (Å²) in [5, 5.41) is 5.52. The lowest BCUT2D eigenvalue weighted by Gasteiger charge is -2.15. The van der Waals surface area contributed by atoms with Gasteiger partial charge in [0, 0.05) is 9.61 Å². The Balaban J connectivity index is 2.47. The Hall–Kier alpha value is -1.11. The van der Waals surface area contributed by atoms with Gasteiger partial charge in [0.15, 0.2) is 0 Å². The van der Waals surface area contributed by atoms with Gasteiger partial charge in [0.2, 0.25) is 5.91 Å². The molecule has 104 valence electrons. The smallest absolute Gasteiger partial charge is 0.252 e. The van der Waals surface area contributed by atoms with E-state index in [1.807, 2.05) is 26.0 Å². The van der Waals surface area contributed by atoms with Crippen LogP contribution < -0.4 is 10.6 Å². The SMILES string of the molecule is CCC(CC)NC(=O)CNC(=O)c1ccccc1I. The molecule has 0 aromatic heterocycles. The normalized spacial score (nSPS) is 10.3. The Labute approximate surface area is 127 Å². The highest BCUT2D eigenvalue weighted by atomic mass is 127. The van der Waals surface area contributed by atoms with Gasteiger partial charge in [-0.3, -0.25) is 9.59 Å². The molecule has 0 aliphatic heterocycles. The van der Waals surface area contributed by atoms with Crippen LogP contribution in [-0.4, -0.2) is 24.4 Å². The number of hydrogen-bond donors (Lipinski definition) is 2. The van der Waals surface area contributed by atoms with E-state index >= 15 is 0 Å². The average Bonchev–Trinajstić information content (AvgIpc) is 2.42. The fraction of sp³-hybridized carbons (Fsp3) is 0.429. The van der Waals surface area contributed by atoms with Crippen LogP contribution in [0.1, 0.15) is 37.0 Å². The van der Waals surface area contributed by atoms with Gasteiger partial charge in [-0.15, -0.1) is 0 Å².